The summed E-state index contributed by atoms with van der Waals surface area (Å²) in [6.07, 6.45) is 1.38. The SMILES string of the molecule is COc1ccc(N(CC(=O)N/N=C\c2c(Cl)nn(-c3ccccc3)c2C)S(=O)(=O)c2ccc(C)cc2)cc1. The number of amides is 1. The second kappa shape index (κ2) is 11.5. The Balaban J connectivity index is 1.56. The van der Waals surface area contributed by atoms with Crippen molar-refractivity contribution >= 4 is 39.4 Å². The number of carbonyl (C=O) groups is 1. The summed E-state index contributed by atoms with van der Waals surface area (Å²) in [4.78, 5) is 12.9. The van der Waals surface area contributed by atoms with E-state index in [9.17, 15) is 13.2 Å². The van der Waals surface area contributed by atoms with Crippen molar-refractivity contribution in [3.8, 4) is 11.4 Å². The summed E-state index contributed by atoms with van der Waals surface area (Å²) >= 11 is 6.31. The zero-order chi connectivity index (χ0) is 27.3. The fourth-order valence-electron chi connectivity index (χ4n) is 3.68. The monoisotopic (exact) mass is 551 g/mol. The fourth-order valence-corrected chi connectivity index (χ4v) is 5.37. The topological polar surface area (TPSA) is 106 Å². The van der Waals surface area contributed by atoms with Gasteiger partial charge in [0.1, 0.15) is 12.3 Å². The molecule has 0 spiro atoms. The van der Waals surface area contributed by atoms with E-state index < -0.39 is 22.5 Å². The highest BCUT2D eigenvalue weighted by Crippen LogP contribution is 2.26. The van der Waals surface area contributed by atoms with Gasteiger partial charge in [-0.1, -0.05) is 47.5 Å². The van der Waals surface area contributed by atoms with Crippen molar-refractivity contribution < 1.29 is 17.9 Å². The maximum absolute atomic E-state index is 13.5. The van der Waals surface area contributed by atoms with Crippen molar-refractivity contribution in [2.75, 3.05) is 18.0 Å². The number of halogens is 1. The van der Waals surface area contributed by atoms with Gasteiger partial charge in [0.05, 0.1) is 40.9 Å². The molecule has 0 radical (unpaired) electrons. The molecular weight excluding hydrogens is 526 g/mol. The van der Waals surface area contributed by atoms with Crippen LogP contribution in [0.15, 0.2) is 88.9 Å². The van der Waals surface area contributed by atoms with Crippen LogP contribution in [-0.4, -0.2) is 44.0 Å². The summed E-state index contributed by atoms with van der Waals surface area (Å²) in [6, 6.07) is 22.3. The van der Waals surface area contributed by atoms with Gasteiger partial charge < -0.3 is 4.74 Å². The number of nitrogens with zero attached hydrogens (tertiary/aromatic N) is 4. The second-order valence-corrected chi connectivity index (χ2v) is 10.6. The summed E-state index contributed by atoms with van der Waals surface area (Å²) < 4.78 is 34.9. The van der Waals surface area contributed by atoms with Crippen LogP contribution in [-0.2, 0) is 14.8 Å². The Kier molecular flexibility index (Phi) is 8.13. The Labute approximate surface area is 226 Å². The highest BCUT2D eigenvalue weighted by Gasteiger charge is 2.27. The third-order valence-corrected chi connectivity index (χ3v) is 7.83. The van der Waals surface area contributed by atoms with Gasteiger partial charge in [-0.3, -0.25) is 9.10 Å². The molecule has 1 N–H and O–H groups in total. The molecule has 196 valence electrons. The van der Waals surface area contributed by atoms with Crippen molar-refractivity contribution in [3.05, 3.63) is 101 Å². The number of hydrazone groups is 1. The van der Waals surface area contributed by atoms with Crippen molar-refractivity contribution in [2.24, 2.45) is 5.10 Å². The molecule has 38 heavy (non-hydrogen) atoms. The summed E-state index contributed by atoms with van der Waals surface area (Å²) in [5, 5.41) is 8.55. The van der Waals surface area contributed by atoms with Gasteiger partial charge in [0, 0.05) is 0 Å². The lowest BCUT2D eigenvalue weighted by Crippen LogP contribution is -2.39. The van der Waals surface area contributed by atoms with Crippen molar-refractivity contribution in [1.82, 2.24) is 15.2 Å². The molecule has 0 bridgehead atoms. The molecular formula is C27H26ClN5O4S. The fraction of sp³-hybridized carbons (Fsp3) is 0.148. The minimum atomic E-state index is -4.06. The van der Waals surface area contributed by atoms with E-state index in [4.69, 9.17) is 16.3 Å². The highest BCUT2D eigenvalue weighted by atomic mass is 35.5. The minimum absolute atomic E-state index is 0.0611. The number of hydrogen-bond acceptors (Lipinski definition) is 6. The van der Waals surface area contributed by atoms with Gasteiger partial charge in [0.2, 0.25) is 0 Å². The second-order valence-electron chi connectivity index (χ2n) is 8.35. The van der Waals surface area contributed by atoms with E-state index >= 15 is 0 Å². The smallest absolute Gasteiger partial charge is 0.264 e. The van der Waals surface area contributed by atoms with E-state index in [1.54, 1.807) is 41.1 Å². The molecule has 0 aliphatic rings. The molecule has 0 aliphatic carbocycles. The van der Waals surface area contributed by atoms with Crippen LogP contribution in [0.4, 0.5) is 5.69 Å². The molecule has 4 rings (SSSR count). The van der Waals surface area contributed by atoms with E-state index in [0.29, 0.717) is 17.0 Å². The Morgan fingerprint density at radius 3 is 2.34 bits per heavy atom. The van der Waals surface area contributed by atoms with Crippen LogP contribution < -0.4 is 14.5 Å². The first-order valence-electron chi connectivity index (χ1n) is 11.6. The summed E-state index contributed by atoms with van der Waals surface area (Å²) in [6.45, 7) is 3.19. The Morgan fingerprint density at radius 1 is 1.05 bits per heavy atom. The van der Waals surface area contributed by atoms with Gasteiger partial charge in [-0.15, -0.1) is 0 Å². The van der Waals surface area contributed by atoms with Crippen LogP contribution >= 0.6 is 11.6 Å². The summed E-state index contributed by atoms with van der Waals surface area (Å²) in [5.74, 6) is -0.0873. The molecule has 0 fully saturated rings. The average Bonchev–Trinajstić information content (AvgIpc) is 3.21. The Bertz CT molecular complexity index is 1550. The maximum Gasteiger partial charge on any atom is 0.264 e. The van der Waals surface area contributed by atoms with Crippen LogP contribution in [0.2, 0.25) is 5.15 Å². The van der Waals surface area contributed by atoms with Gasteiger partial charge >= 0.3 is 0 Å². The van der Waals surface area contributed by atoms with E-state index in [1.165, 1.54) is 25.5 Å². The molecule has 0 saturated carbocycles. The number of hydrogen-bond donors (Lipinski definition) is 1. The van der Waals surface area contributed by atoms with Crippen molar-refractivity contribution in [1.29, 1.82) is 0 Å². The molecule has 3 aromatic carbocycles. The van der Waals surface area contributed by atoms with Crippen molar-refractivity contribution in [2.45, 2.75) is 18.7 Å². The Hall–Kier alpha value is -4.15. The lowest BCUT2D eigenvalue weighted by atomic mass is 10.2. The molecule has 0 aliphatic heterocycles. The number of aromatic nitrogens is 2. The number of methoxy groups -OCH3 is 1. The molecule has 11 heteroatoms. The number of ether oxygens (including phenoxy) is 1. The van der Waals surface area contributed by atoms with E-state index in [-0.39, 0.29) is 10.0 Å². The predicted molar refractivity (Wildman–Crippen MR) is 148 cm³/mol. The van der Waals surface area contributed by atoms with Crippen molar-refractivity contribution in [3.63, 3.8) is 0 Å². The lowest BCUT2D eigenvalue weighted by Gasteiger charge is -2.24. The third kappa shape index (κ3) is 5.87. The van der Waals surface area contributed by atoms with Gasteiger partial charge in [0.25, 0.3) is 15.9 Å². The van der Waals surface area contributed by atoms with Gasteiger partial charge in [-0.05, 0) is 62.4 Å². The van der Waals surface area contributed by atoms with Gasteiger partial charge in [-0.25, -0.2) is 18.5 Å². The first-order valence-corrected chi connectivity index (χ1v) is 13.4. The largest absolute Gasteiger partial charge is 0.497 e. The molecule has 9 nitrogen and oxygen atoms in total. The number of para-hydroxylation sites is 1. The van der Waals surface area contributed by atoms with Crippen LogP contribution in [0.3, 0.4) is 0 Å². The zero-order valence-corrected chi connectivity index (χ0v) is 22.6. The first-order chi connectivity index (χ1) is 18.2. The summed E-state index contributed by atoms with van der Waals surface area (Å²) in [5.41, 5.74) is 5.68. The lowest BCUT2D eigenvalue weighted by molar-refractivity contribution is -0.119. The van der Waals surface area contributed by atoms with Crippen LogP contribution in [0.25, 0.3) is 5.69 Å². The van der Waals surface area contributed by atoms with Crippen LogP contribution in [0, 0.1) is 13.8 Å². The van der Waals surface area contributed by atoms with Crippen LogP contribution in [0.5, 0.6) is 5.75 Å². The summed E-state index contributed by atoms with van der Waals surface area (Å²) in [7, 11) is -2.55. The number of anilines is 1. The quantitative estimate of drug-likeness (QED) is 0.243. The number of sulfonamides is 1. The number of aryl methyl sites for hydroxylation is 1. The van der Waals surface area contributed by atoms with E-state index in [0.717, 1.165) is 21.2 Å². The maximum atomic E-state index is 13.5. The van der Waals surface area contributed by atoms with Crippen LogP contribution in [0.1, 0.15) is 16.8 Å². The Morgan fingerprint density at radius 2 is 1.71 bits per heavy atom. The van der Waals surface area contributed by atoms with E-state index in [1.807, 2.05) is 44.2 Å². The minimum Gasteiger partial charge on any atom is -0.497 e. The standard InChI is InChI=1S/C27H26ClN5O4S/c1-19-9-15-24(16-10-19)38(35,36)32(21-11-13-23(37-3)14-12-21)18-26(34)30-29-17-25-20(2)33(31-27(25)28)22-7-5-4-6-8-22/h4-17H,18H2,1-3H3,(H,30,34)/b29-17-. The molecule has 1 aromatic heterocycles. The predicted octanol–water partition coefficient (Wildman–Crippen LogP) is 4.50. The number of carbonyl (C=O) groups excluding carboxylic acids is 1. The van der Waals surface area contributed by atoms with Gasteiger partial charge in [-0.2, -0.15) is 10.2 Å². The highest BCUT2D eigenvalue weighted by molar-refractivity contribution is 7.92. The number of nitrogens with one attached hydrogen (secondary N) is 1. The number of benzene rings is 3. The molecule has 1 amide bonds. The zero-order valence-electron chi connectivity index (χ0n) is 21.0. The molecule has 1 heterocycles. The van der Waals surface area contributed by atoms with E-state index in [2.05, 4.69) is 15.6 Å². The first kappa shape index (κ1) is 26.9. The number of rotatable bonds is 9. The molecule has 4 aromatic rings. The third-order valence-electron chi connectivity index (χ3n) is 5.76. The normalized spacial score (nSPS) is 11.5. The molecule has 0 saturated heterocycles. The average molecular weight is 552 g/mol. The molecule has 0 unspecified atom stereocenters. The molecule has 0 atom stereocenters. The van der Waals surface area contributed by atoms with Gasteiger partial charge in [0.15, 0.2) is 5.15 Å².